The van der Waals surface area contributed by atoms with Gasteiger partial charge in [-0.2, -0.15) is 4.59 Å². The molecule has 0 bridgehead atoms. The van der Waals surface area contributed by atoms with Crippen molar-refractivity contribution in [3.63, 3.8) is 0 Å². The number of unbranched alkanes of at least 4 members (excludes halogenated alkanes) is 1. The summed E-state index contributed by atoms with van der Waals surface area (Å²) in [5, 5.41) is 29.1. The van der Waals surface area contributed by atoms with Crippen LogP contribution in [0.15, 0.2) is 59.2 Å². The molecule has 32 heavy (non-hydrogen) atoms. The van der Waals surface area contributed by atoms with Gasteiger partial charge in [0.25, 0.3) is 0 Å². The summed E-state index contributed by atoms with van der Waals surface area (Å²) in [5.41, 5.74) is 5.49. The Morgan fingerprint density at radius 2 is 1.72 bits per heavy atom. The molecule has 8 heteroatoms. The van der Waals surface area contributed by atoms with Crippen LogP contribution in [0.2, 0.25) is 0 Å². The Balaban J connectivity index is 1.78. The third kappa shape index (κ3) is 3.85. The summed E-state index contributed by atoms with van der Waals surface area (Å²) >= 11 is 0. The normalized spacial score (nSPS) is 18.2. The Morgan fingerprint density at radius 3 is 2.31 bits per heavy atom. The molecule has 2 aromatic carbocycles. The Labute approximate surface area is 186 Å². The number of hydrogen-bond donors (Lipinski definition) is 2. The zero-order valence-electron chi connectivity index (χ0n) is 18.5. The molecule has 0 saturated carbocycles. The minimum Gasteiger partial charge on any atom is -0.477 e. The maximum atomic E-state index is 12.2. The van der Waals surface area contributed by atoms with Crippen molar-refractivity contribution in [2.75, 3.05) is 13.6 Å². The zero-order chi connectivity index (χ0) is 22.7. The number of hydrogen-bond acceptors (Lipinski definition) is 5. The lowest BCUT2D eigenvalue weighted by molar-refractivity contribution is -0.844. The van der Waals surface area contributed by atoms with E-state index in [1.807, 2.05) is 62.5 Å². The van der Waals surface area contributed by atoms with Crippen LogP contribution in [0.1, 0.15) is 38.7 Å². The molecular weight excluding hydrogens is 404 g/mol. The van der Waals surface area contributed by atoms with E-state index >= 15 is 0 Å². The molecule has 164 valence electrons. The minimum absolute atomic E-state index is 0.262. The van der Waals surface area contributed by atoms with E-state index in [2.05, 4.69) is 27.5 Å². The van der Waals surface area contributed by atoms with Crippen LogP contribution in [0.25, 0.3) is 28.2 Å². The predicted molar refractivity (Wildman–Crippen MR) is 123 cm³/mol. The second-order valence-corrected chi connectivity index (χ2v) is 8.02. The Morgan fingerprint density at radius 1 is 1.03 bits per heavy atom. The van der Waals surface area contributed by atoms with E-state index in [1.165, 1.54) is 0 Å². The van der Waals surface area contributed by atoms with E-state index in [1.54, 1.807) is 0 Å². The van der Waals surface area contributed by atoms with Gasteiger partial charge in [-0.15, -0.1) is 5.10 Å². The number of rotatable bonds is 8. The highest BCUT2D eigenvalue weighted by molar-refractivity contribution is 6.24. The molecule has 3 aromatic rings. The van der Waals surface area contributed by atoms with Crippen molar-refractivity contribution in [2.45, 2.75) is 33.1 Å². The molecule has 0 amide bonds. The summed E-state index contributed by atoms with van der Waals surface area (Å²) in [6, 6.07) is 15.9. The molecular formula is C24H27N6O2+. The van der Waals surface area contributed by atoms with Gasteiger partial charge < -0.3 is 5.11 Å². The van der Waals surface area contributed by atoms with E-state index < -0.39 is 5.97 Å². The average molecular weight is 432 g/mol. The van der Waals surface area contributed by atoms with Crippen LogP contribution in [0, 0.1) is 0 Å². The highest BCUT2D eigenvalue weighted by atomic mass is 16.4. The monoisotopic (exact) mass is 431 g/mol. The van der Waals surface area contributed by atoms with Crippen molar-refractivity contribution in [1.29, 1.82) is 0 Å². The average Bonchev–Trinajstić information content (AvgIpc) is 3.44. The van der Waals surface area contributed by atoms with Gasteiger partial charge >= 0.3 is 5.97 Å². The van der Waals surface area contributed by atoms with E-state index in [0.29, 0.717) is 23.5 Å². The van der Waals surface area contributed by atoms with Gasteiger partial charge in [-0.25, -0.2) is 9.89 Å². The predicted octanol–water partition coefficient (Wildman–Crippen LogP) is 4.36. The molecule has 0 saturated heterocycles. The lowest BCUT2D eigenvalue weighted by atomic mass is 9.96. The molecule has 2 heterocycles. The van der Waals surface area contributed by atoms with Gasteiger partial charge in [0.15, 0.2) is 17.1 Å². The van der Waals surface area contributed by atoms with E-state index in [-0.39, 0.29) is 4.59 Å². The topological polar surface area (TPSA) is 104 Å². The van der Waals surface area contributed by atoms with Crippen LogP contribution < -0.4 is 0 Å². The third-order valence-electron chi connectivity index (χ3n) is 5.84. The number of carboxylic acid groups (broad SMARTS) is 1. The van der Waals surface area contributed by atoms with Crippen molar-refractivity contribution < 1.29 is 14.5 Å². The highest BCUT2D eigenvalue weighted by Gasteiger charge is 2.42. The maximum absolute atomic E-state index is 12.2. The molecule has 2 N–H and O–H groups in total. The van der Waals surface area contributed by atoms with Gasteiger partial charge in [-0.3, -0.25) is 0 Å². The number of aliphatic carboxylic acids is 1. The summed E-state index contributed by atoms with van der Waals surface area (Å²) in [5.74, 6) is -0.327. The number of nitrogens with one attached hydrogen (secondary N) is 1. The maximum Gasteiger partial charge on any atom is 0.344 e. The molecule has 0 fully saturated rings. The number of aromatic amines is 1. The number of H-pyrrole nitrogens is 1. The van der Waals surface area contributed by atoms with Crippen LogP contribution in [0.5, 0.6) is 0 Å². The fraction of sp³-hybridized carbons (Fsp3) is 0.292. The van der Waals surface area contributed by atoms with Gasteiger partial charge in [0.05, 0.1) is 7.05 Å². The molecule has 1 aliphatic heterocycles. The van der Waals surface area contributed by atoms with Crippen LogP contribution in [0.3, 0.4) is 0 Å². The number of benzene rings is 2. The number of aromatic nitrogens is 4. The number of carboxylic acids is 1. The van der Waals surface area contributed by atoms with Crippen molar-refractivity contribution in [3.05, 3.63) is 59.7 Å². The third-order valence-corrected chi connectivity index (χ3v) is 5.84. The molecule has 1 aliphatic rings. The number of carbonyl (C=O) groups is 1. The Bertz CT molecular complexity index is 1180. The van der Waals surface area contributed by atoms with Gasteiger partial charge in [-0.1, -0.05) is 61.8 Å². The first-order chi connectivity index (χ1) is 15.5. The first kappa shape index (κ1) is 21.6. The molecule has 0 aliphatic carbocycles. The lowest BCUT2D eigenvalue weighted by Gasteiger charge is -2.27. The number of nitrogens with zero attached hydrogens (tertiary/aromatic N) is 5. The van der Waals surface area contributed by atoms with E-state index in [0.717, 1.165) is 47.3 Å². The first-order valence-electron chi connectivity index (χ1n) is 10.9. The largest absolute Gasteiger partial charge is 0.477 e. The number of quaternary nitrogens is 1. The van der Waals surface area contributed by atoms with Crippen molar-refractivity contribution in [3.8, 4) is 22.5 Å². The van der Waals surface area contributed by atoms with Crippen LogP contribution >= 0.6 is 0 Å². The van der Waals surface area contributed by atoms with E-state index in [4.69, 9.17) is 5.10 Å². The summed E-state index contributed by atoms with van der Waals surface area (Å²) < 4.78 is 0.262. The second-order valence-electron chi connectivity index (χ2n) is 8.02. The molecule has 0 radical (unpaired) electrons. The smallest absolute Gasteiger partial charge is 0.344 e. The summed E-state index contributed by atoms with van der Waals surface area (Å²) in [4.78, 5) is 12.2. The van der Waals surface area contributed by atoms with Gasteiger partial charge in [-0.05, 0) is 46.5 Å². The van der Waals surface area contributed by atoms with Gasteiger partial charge in [0.2, 0.25) is 0 Å². The van der Waals surface area contributed by atoms with Gasteiger partial charge in [0, 0.05) is 11.1 Å². The lowest BCUT2D eigenvalue weighted by Crippen LogP contribution is -2.36. The molecule has 1 aromatic heterocycles. The highest BCUT2D eigenvalue weighted by Crippen LogP contribution is 2.38. The molecule has 1 atom stereocenters. The Kier molecular flexibility index (Phi) is 5.96. The fourth-order valence-electron chi connectivity index (χ4n) is 4.29. The second kappa shape index (κ2) is 8.84. The quantitative estimate of drug-likeness (QED) is 0.516. The van der Waals surface area contributed by atoms with Crippen molar-refractivity contribution >= 4 is 17.4 Å². The van der Waals surface area contributed by atoms with Crippen molar-refractivity contribution in [1.82, 2.24) is 20.6 Å². The molecule has 4 rings (SSSR count). The molecule has 1 unspecified atom stereocenters. The molecule has 0 spiro atoms. The van der Waals surface area contributed by atoms with Gasteiger partial charge in [0.1, 0.15) is 12.3 Å². The number of tetrazole rings is 1. The SMILES string of the molecule is CCCC[N+]1(C)N=C(CC)C(C(=O)O)=C1c1ccc(-c2ccccc2-c2nnn[nH]2)cc1. The van der Waals surface area contributed by atoms with Crippen LogP contribution in [-0.2, 0) is 4.79 Å². The van der Waals surface area contributed by atoms with Crippen LogP contribution in [0.4, 0.5) is 0 Å². The fourth-order valence-corrected chi connectivity index (χ4v) is 4.29. The minimum atomic E-state index is -0.925. The van der Waals surface area contributed by atoms with Crippen LogP contribution in [-0.4, -0.2) is 55.6 Å². The first-order valence-corrected chi connectivity index (χ1v) is 10.9. The van der Waals surface area contributed by atoms with E-state index in [9.17, 15) is 9.90 Å². The van der Waals surface area contributed by atoms with Crippen molar-refractivity contribution in [2.24, 2.45) is 5.10 Å². The summed E-state index contributed by atoms with van der Waals surface area (Å²) in [7, 11) is 2.00. The summed E-state index contributed by atoms with van der Waals surface area (Å²) in [6.45, 7) is 4.84. The standard InChI is InChI=1S/C24H26N6O2/c1-4-6-15-30(3)22(21(24(31)32)20(5-2)27-30)17-13-11-16(12-14-17)18-9-7-8-10-19(18)23-25-28-29-26-23/h7-14H,4-6,15H2,1-3H3,(H-,25,26,27,28,29,31,32)/p+1. The zero-order valence-corrected chi connectivity index (χ0v) is 18.5. The molecule has 8 nitrogen and oxygen atoms in total. The Hall–Kier alpha value is -3.65. The summed E-state index contributed by atoms with van der Waals surface area (Å²) in [6.07, 6.45) is 2.57.